The summed E-state index contributed by atoms with van der Waals surface area (Å²) in [5.41, 5.74) is 8.53. The molecule has 4 rings (SSSR count). The van der Waals surface area contributed by atoms with Crippen LogP contribution in [0.5, 0.6) is 11.5 Å². The minimum atomic E-state index is -0.417. The van der Waals surface area contributed by atoms with E-state index in [0.29, 0.717) is 11.3 Å². The largest absolute Gasteiger partial charge is 0.455 e. The Morgan fingerprint density at radius 2 is 1.71 bits per heavy atom. The molecule has 0 amide bonds. The molecule has 3 aromatic rings. The molecule has 1 atom stereocenters. The first kappa shape index (κ1) is 28.3. The summed E-state index contributed by atoms with van der Waals surface area (Å²) in [6.07, 6.45) is 4.38. The molecule has 1 saturated heterocycles. The molecule has 1 unspecified atom stereocenters. The molecule has 9 heteroatoms. The Kier molecular flexibility index (Phi) is 10.7. The molecule has 2 aromatic carbocycles. The number of hydrogen-bond acceptors (Lipinski definition) is 8. The third-order valence-electron chi connectivity index (χ3n) is 6.52. The maximum absolute atomic E-state index is 8.87. The third-order valence-corrected chi connectivity index (χ3v) is 8.72. The number of unbranched alkanes of at least 4 members (excludes halogenated alkanes) is 1. The van der Waals surface area contributed by atoms with Crippen molar-refractivity contribution in [2.45, 2.75) is 52.2 Å². The number of nitrogens with two attached hydrogens (primary N) is 1. The van der Waals surface area contributed by atoms with Crippen molar-refractivity contribution in [2.24, 2.45) is 10.9 Å². The maximum atomic E-state index is 8.87. The van der Waals surface area contributed by atoms with Gasteiger partial charge in [0.05, 0.1) is 10.7 Å². The highest BCUT2D eigenvalue weighted by Gasteiger charge is 2.17. The third kappa shape index (κ3) is 7.88. The summed E-state index contributed by atoms with van der Waals surface area (Å²) in [6, 6.07) is 15.4. The second-order valence-electron chi connectivity index (χ2n) is 9.28. The van der Waals surface area contributed by atoms with Crippen molar-refractivity contribution in [1.82, 2.24) is 9.88 Å². The van der Waals surface area contributed by atoms with Crippen LogP contribution in [0.25, 0.3) is 11.3 Å². The minimum Gasteiger partial charge on any atom is -0.455 e. The molecule has 7 nitrogen and oxygen atoms in total. The van der Waals surface area contributed by atoms with Crippen molar-refractivity contribution < 1.29 is 14.7 Å². The first-order valence-corrected chi connectivity index (χ1v) is 15.4. The lowest BCUT2D eigenvalue weighted by Gasteiger charge is -2.25. The monoisotopic (exact) mass is 554 g/mol. The number of ether oxygens (including phenoxy) is 2. The van der Waals surface area contributed by atoms with Crippen LogP contribution in [0, 0.1) is 0 Å². The van der Waals surface area contributed by atoms with E-state index in [1.807, 2.05) is 23.5 Å². The fraction of sp³-hybridized carbons (Fsp3) is 0.448. The quantitative estimate of drug-likeness (QED) is 0.0876. The van der Waals surface area contributed by atoms with Gasteiger partial charge in [0.1, 0.15) is 11.5 Å². The van der Waals surface area contributed by atoms with Crippen LogP contribution in [0.3, 0.4) is 0 Å². The Morgan fingerprint density at radius 1 is 1.05 bits per heavy atom. The van der Waals surface area contributed by atoms with Gasteiger partial charge in [-0.15, -0.1) is 11.3 Å². The molecule has 204 valence electrons. The van der Waals surface area contributed by atoms with Crippen molar-refractivity contribution in [2.75, 3.05) is 31.1 Å². The topological polar surface area (TPSA) is 93.2 Å². The smallest absolute Gasteiger partial charge is 0.241 e. The van der Waals surface area contributed by atoms with Crippen LogP contribution in [0.15, 0.2) is 53.7 Å². The highest BCUT2D eigenvalue weighted by Crippen LogP contribution is 2.31. The average Bonchev–Trinajstić information content (AvgIpc) is 3.39. The van der Waals surface area contributed by atoms with E-state index < -0.39 is 6.29 Å². The van der Waals surface area contributed by atoms with E-state index in [4.69, 9.17) is 25.4 Å². The van der Waals surface area contributed by atoms with E-state index in [1.54, 1.807) is 24.3 Å². The second kappa shape index (κ2) is 14.4. The van der Waals surface area contributed by atoms with Crippen molar-refractivity contribution in [3.05, 3.63) is 64.0 Å². The standard InChI is InChI=1S/C29H38N4O3S2/c1-3-5-6-27(36-24-13-9-22(10-14-24)29(30)32-34)35-23-11-7-21(8-12-23)28-25(38-26(4-2)31-28)15-16-33-17-19-37-20-18-33/h7-14,27,34H,3-6,15-20H2,1-2H3,(H2,30,32). The Hall–Kier alpha value is -2.75. The number of hydrogen-bond donors (Lipinski definition) is 2. The second-order valence-corrected chi connectivity index (χ2v) is 11.7. The molecule has 0 radical (unpaired) electrons. The molecule has 0 spiro atoms. The molecule has 1 aliphatic rings. The summed E-state index contributed by atoms with van der Waals surface area (Å²) in [5.74, 6) is 3.97. The van der Waals surface area contributed by atoms with E-state index in [-0.39, 0.29) is 5.84 Å². The van der Waals surface area contributed by atoms with Crippen LogP contribution in [0.1, 0.15) is 48.6 Å². The number of nitrogens with zero attached hydrogens (tertiary/aromatic N) is 3. The number of aromatic nitrogens is 1. The number of rotatable bonds is 13. The van der Waals surface area contributed by atoms with Gasteiger partial charge in [-0.1, -0.05) is 25.4 Å². The van der Waals surface area contributed by atoms with Crippen LogP contribution in [-0.2, 0) is 12.8 Å². The highest BCUT2D eigenvalue weighted by atomic mass is 32.2. The van der Waals surface area contributed by atoms with Gasteiger partial charge in [-0.3, -0.25) is 0 Å². The van der Waals surface area contributed by atoms with Crippen LogP contribution in [0.4, 0.5) is 0 Å². The minimum absolute atomic E-state index is 0.0651. The van der Waals surface area contributed by atoms with Crippen molar-refractivity contribution in [3.63, 3.8) is 0 Å². The van der Waals surface area contributed by atoms with E-state index in [1.165, 1.54) is 34.5 Å². The van der Waals surface area contributed by atoms with Crippen LogP contribution < -0.4 is 15.2 Å². The number of benzene rings is 2. The van der Waals surface area contributed by atoms with Crippen LogP contribution in [0.2, 0.25) is 0 Å². The lowest BCUT2D eigenvalue weighted by Crippen LogP contribution is -2.34. The van der Waals surface area contributed by atoms with E-state index in [0.717, 1.165) is 55.7 Å². The van der Waals surface area contributed by atoms with E-state index in [2.05, 4.69) is 47.8 Å². The molecule has 3 N–H and O–H groups in total. The molecule has 38 heavy (non-hydrogen) atoms. The zero-order valence-corrected chi connectivity index (χ0v) is 23.9. The van der Waals surface area contributed by atoms with Gasteiger partial charge in [-0.2, -0.15) is 11.8 Å². The molecular weight excluding hydrogens is 516 g/mol. The fourth-order valence-corrected chi connectivity index (χ4v) is 6.30. The number of oxime groups is 1. The SMILES string of the molecule is CCCCC(Oc1ccc(C(N)=NO)cc1)Oc1ccc(-c2nc(CC)sc2CCN2CCSCC2)cc1. The van der Waals surface area contributed by atoms with E-state index in [9.17, 15) is 0 Å². The summed E-state index contributed by atoms with van der Waals surface area (Å²) in [5, 5.41) is 13.1. The zero-order valence-electron chi connectivity index (χ0n) is 22.3. The summed E-state index contributed by atoms with van der Waals surface area (Å²) < 4.78 is 12.4. The molecule has 1 aliphatic heterocycles. The van der Waals surface area contributed by atoms with Gasteiger partial charge < -0.3 is 25.3 Å². The molecule has 1 fully saturated rings. The predicted octanol–water partition coefficient (Wildman–Crippen LogP) is 6.03. The zero-order chi connectivity index (χ0) is 26.7. The predicted molar refractivity (Wildman–Crippen MR) is 158 cm³/mol. The normalized spacial score (nSPS) is 15.4. The molecule has 0 bridgehead atoms. The summed E-state index contributed by atoms with van der Waals surface area (Å²) in [7, 11) is 0. The van der Waals surface area contributed by atoms with Gasteiger partial charge >= 0.3 is 0 Å². The van der Waals surface area contributed by atoms with Crippen molar-refractivity contribution >= 4 is 28.9 Å². The molecule has 1 aromatic heterocycles. The van der Waals surface area contributed by atoms with Crippen LogP contribution >= 0.6 is 23.1 Å². The van der Waals surface area contributed by atoms with Crippen LogP contribution in [-0.4, -0.2) is 58.4 Å². The Morgan fingerprint density at radius 3 is 2.32 bits per heavy atom. The van der Waals surface area contributed by atoms with Gasteiger partial charge in [0.15, 0.2) is 5.84 Å². The molecule has 0 aliphatic carbocycles. The van der Waals surface area contributed by atoms with Crippen molar-refractivity contribution in [1.29, 1.82) is 0 Å². The van der Waals surface area contributed by atoms with Gasteiger partial charge in [0, 0.05) is 53.6 Å². The van der Waals surface area contributed by atoms with E-state index >= 15 is 0 Å². The Bertz CT molecular complexity index is 1160. The number of aryl methyl sites for hydroxylation is 1. The number of amidine groups is 1. The highest BCUT2D eigenvalue weighted by molar-refractivity contribution is 7.99. The summed E-state index contributed by atoms with van der Waals surface area (Å²) >= 11 is 3.90. The molecular formula is C29H38N4O3S2. The van der Waals surface area contributed by atoms with Gasteiger partial charge in [-0.05, 0) is 67.8 Å². The van der Waals surface area contributed by atoms with Crippen molar-refractivity contribution in [3.8, 4) is 22.8 Å². The Balaban J connectivity index is 1.43. The molecule has 2 heterocycles. The fourth-order valence-electron chi connectivity index (χ4n) is 4.30. The van der Waals surface area contributed by atoms with Gasteiger partial charge in [-0.25, -0.2) is 4.98 Å². The number of thiazole rings is 1. The summed E-state index contributed by atoms with van der Waals surface area (Å²) in [6.45, 7) is 7.78. The summed E-state index contributed by atoms with van der Waals surface area (Å²) in [4.78, 5) is 8.91. The number of thioether (sulfide) groups is 1. The first-order valence-electron chi connectivity index (χ1n) is 13.4. The van der Waals surface area contributed by atoms with Gasteiger partial charge in [0.2, 0.25) is 6.29 Å². The lowest BCUT2D eigenvalue weighted by atomic mass is 10.1. The molecule has 0 saturated carbocycles. The van der Waals surface area contributed by atoms with Gasteiger partial charge in [0.25, 0.3) is 0 Å². The maximum Gasteiger partial charge on any atom is 0.241 e. The first-order chi connectivity index (χ1) is 18.6. The lowest BCUT2D eigenvalue weighted by molar-refractivity contribution is -0.00211. The Labute approximate surface area is 234 Å². The average molecular weight is 555 g/mol.